The van der Waals surface area contributed by atoms with Crippen LogP contribution in [0.15, 0.2) is 77.8 Å². The van der Waals surface area contributed by atoms with Gasteiger partial charge in [-0.2, -0.15) is 0 Å². The number of carbonyl (C=O) groups is 1. The Kier molecular flexibility index (Phi) is 7.63. The van der Waals surface area contributed by atoms with Crippen LogP contribution in [-0.4, -0.2) is 25.3 Å². The normalized spacial score (nSPS) is 10.7. The lowest BCUT2D eigenvalue weighted by atomic mass is 10.2. The second-order valence-corrected chi connectivity index (χ2v) is 7.22. The van der Waals surface area contributed by atoms with Crippen LogP contribution in [0.2, 0.25) is 0 Å². The summed E-state index contributed by atoms with van der Waals surface area (Å²) in [6, 6.07) is 22.8. The van der Waals surface area contributed by atoms with Gasteiger partial charge in [0.05, 0.1) is 15.9 Å². The van der Waals surface area contributed by atoms with Gasteiger partial charge >= 0.3 is 0 Å². The molecule has 0 radical (unpaired) electrons. The highest BCUT2D eigenvalue weighted by atomic mass is 127. The predicted octanol–water partition coefficient (Wildman–Crippen LogP) is 5.46. The zero-order valence-electron chi connectivity index (χ0n) is 16.0. The summed E-state index contributed by atoms with van der Waals surface area (Å²) < 4.78 is 12.4. The molecule has 0 heterocycles. The molecule has 0 spiro atoms. The number of hydrogen-bond acceptors (Lipinski definition) is 4. The highest BCUT2D eigenvalue weighted by Crippen LogP contribution is 2.34. The Hall–Kier alpha value is -2.87. The number of halogens is 1. The van der Waals surface area contributed by atoms with E-state index in [0.29, 0.717) is 18.1 Å². The third-order valence-electron chi connectivity index (χ3n) is 3.86. The smallest absolute Gasteiger partial charge is 0.262 e. The number of amides is 1. The Morgan fingerprint density at radius 2 is 1.72 bits per heavy atom. The summed E-state index contributed by atoms with van der Waals surface area (Å²) in [5, 5.41) is 2.80. The quantitative estimate of drug-likeness (QED) is 0.330. The number of carbonyl (C=O) groups excluding carboxylic acids is 1. The molecule has 1 amide bonds. The van der Waals surface area contributed by atoms with E-state index >= 15 is 0 Å². The van der Waals surface area contributed by atoms with Crippen LogP contribution in [0.4, 0.5) is 11.4 Å². The van der Waals surface area contributed by atoms with Crippen LogP contribution in [0.3, 0.4) is 0 Å². The first-order valence-corrected chi connectivity index (χ1v) is 10.3. The lowest BCUT2D eigenvalue weighted by molar-refractivity contribution is -0.118. The molecule has 1 N–H and O–H groups in total. The van der Waals surface area contributed by atoms with Gasteiger partial charge in [-0.25, -0.2) is 0 Å². The Labute approximate surface area is 183 Å². The molecule has 0 unspecified atom stereocenters. The van der Waals surface area contributed by atoms with E-state index in [1.54, 1.807) is 6.21 Å². The molecule has 0 atom stereocenters. The first kappa shape index (κ1) is 20.9. The van der Waals surface area contributed by atoms with Crippen molar-refractivity contribution >= 4 is 46.1 Å². The molecule has 6 heteroatoms. The van der Waals surface area contributed by atoms with Gasteiger partial charge in [-0.3, -0.25) is 9.79 Å². The lowest BCUT2D eigenvalue weighted by Gasteiger charge is -2.14. The second kappa shape index (κ2) is 10.6. The number of hydrogen-bond donors (Lipinski definition) is 1. The molecule has 0 fully saturated rings. The Balaban J connectivity index is 1.72. The number of nitrogens with zero attached hydrogens (tertiary/aromatic N) is 1. The summed E-state index contributed by atoms with van der Waals surface area (Å²) in [6.07, 6.45) is 1.78. The van der Waals surface area contributed by atoms with Crippen LogP contribution in [0.1, 0.15) is 12.5 Å². The van der Waals surface area contributed by atoms with Crippen LogP contribution < -0.4 is 14.8 Å². The molecular weight excluding hydrogens is 479 g/mol. The van der Waals surface area contributed by atoms with Gasteiger partial charge in [-0.15, -0.1) is 0 Å². The van der Waals surface area contributed by atoms with Gasteiger partial charge in [0.2, 0.25) is 0 Å². The predicted molar refractivity (Wildman–Crippen MR) is 125 cm³/mol. The van der Waals surface area contributed by atoms with Crippen LogP contribution >= 0.6 is 22.6 Å². The highest BCUT2D eigenvalue weighted by Gasteiger charge is 2.14. The summed E-state index contributed by atoms with van der Waals surface area (Å²) in [6.45, 7) is 2.29. The fraction of sp³-hybridized carbons (Fsp3) is 0.130. The summed E-state index contributed by atoms with van der Waals surface area (Å²) in [4.78, 5) is 16.7. The minimum Gasteiger partial charge on any atom is -0.490 e. The molecule has 3 aromatic carbocycles. The van der Waals surface area contributed by atoms with E-state index in [0.717, 1.165) is 20.5 Å². The molecule has 29 heavy (non-hydrogen) atoms. The van der Waals surface area contributed by atoms with Crippen molar-refractivity contribution in [3.8, 4) is 11.5 Å². The average Bonchev–Trinajstić information content (AvgIpc) is 2.73. The number of rotatable bonds is 8. The largest absolute Gasteiger partial charge is 0.490 e. The standard InChI is InChI=1S/C23H21IN2O3/c1-2-28-21-14-17(15-25-18-9-5-3-6-10-18)13-20(24)23(21)29-16-22(27)26-19-11-7-4-8-12-19/h3-15H,2,16H2,1H3,(H,26,27). The van der Waals surface area contributed by atoms with Crippen LogP contribution in [-0.2, 0) is 4.79 Å². The van der Waals surface area contributed by atoms with Crippen molar-refractivity contribution in [2.75, 3.05) is 18.5 Å². The van der Waals surface area contributed by atoms with E-state index in [1.807, 2.05) is 79.7 Å². The molecule has 5 nitrogen and oxygen atoms in total. The Morgan fingerprint density at radius 3 is 2.41 bits per heavy atom. The van der Waals surface area contributed by atoms with Crippen molar-refractivity contribution in [2.45, 2.75) is 6.92 Å². The third kappa shape index (κ3) is 6.32. The first-order chi connectivity index (χ1) is 14.2. The van der Waals surface area contributed by atoms with E-state index < -0.39 is 0 Å². The highest BCUT2D eigenvalue weighted by molar-refractivity contribution is 14.1. The SMILES string of the molecule is CCOc1cc(C=Nc2ccccc2)cc(I)c1OCC(=O)Nc1ccccc1. The maximum absolute atomic E-state index is 12.2. The zero-order chi connectivity index (χ0) is 20.5. The summed E-state index contributed by atoms with van der Waals surface area (Å²) in [5.74, 6) is 0.901. The minimum absolute atomic E-state index is 0.109. The fourth-order valence-corrected chi connectivity index (χ4v) is 3.37. The molecule has 3 aromatic rings. The van der Waals surface area contributed by atoms with E-state index in [4.69, 9.17) is 9.47 Å². The first-order valence-electron chi connectivity index (χ1n) is 9.19. The molecule has 0 saturated carbocycles. The van der Waals surface area contributed by atoms with Crippen molar-refractivity contribution in [2.24, 2.45) is 4.99 Å². The monoisotopic (exact) mass is 500 g/mol. The van der Waals surface area contributed by atoms with Gasteiger partial charge in [-0.05, 0) is 71.5 Å². The fourth-order valence-electron chi connectivity index (χ4n) is 2.58. The number of anilines is 1. The molecule has 148 valence electrons. The Morgan fingerprint density at radius 1 is 1.03 bits per heavy atom. The van der Waals surface area contributed by atoms with E-state index in [-0.39, 0.29) is 12.5 Å². The van der Waals surface area contributed by atoms with Gasteiger partial charge in [0, 0.05) is 11.9 Å². The number of benzene rings is 3. The number of nitrogens with one attached hydrogen (secondary N) is 1. The van der Waals surface area contributed by atoms with Gasteiger partial charge in [-0.1, -0.05) is 36.4 Å². The molecular formula is C23H21IN2O3. The average molecular weight is 500 g/mol. The molecule has 0 aliphatic carbocycles. The molecule has 0 bridgehead atoms. The van der Waals surface area contributed by atoms with E-state index in [9.17, 15) is 4.79 Å². The zero-order valence-corrected chi connectivity index (χ0v) is 18.1. The van der Waals surface area contributed by atoms with Crippen molar-refractivity contribution in [3.05, 3.63) is 81.9 Å². The van der Waals surface area contributed by atoms with Gasteiger partial charge < -0.3 is 14.8 Å². The Bertz CT molecular complexity index is 976. The summed E-state index contributed by atoms with van der Waals surface area (Å²) in [5.41, 5.74) is 2.49. The summed E-state index contributed by atoms with van der Waals surface area (Å²) >= 11 is 2.18. The number of ether oxygens (including phenoxy) is 2. The topological polar surface area (TPSA) is 59.9 Å². The van der Waals surface area contributed by atoms with Crippen molar-refractivity contribution in [1.29, 1.82) is 0 Å². The van der Waals surface area contributed by atoms with E-state index in [2.05, 4.69) is 32.9 Å². The molecule has 0 saturated heterocycles. The molecule has 0 aromatic heterocycles. The molecule has 0 aliphatic heterocycles. The second-order valence-electron chi connectivity index (χ2n) is 6.06. The maximum atomic E-state index is 12.2. The third-order valence-corrected chi connectivity index (χ3v) is 4.66. The molecule has 0 aliphatic rings. The van der Waals surface area contributed by atoms with Crippen molar-refractivity contribution in [3.63, 3.8) is 0 Å². The lowest BCUT2D eigenvalue weighted by Crippen LogP contribution is -2.20. The van der Waals surface area contributed by atoms with Gasteiger partial charge in [0.25, 0.3) is 5.91 Å². The summed E-state index contributed by atoms with van der Waals surface area (Å²) in [7, 11) is 0. The minimum atomic E-state index is -0.232. The molecule has 3 rings (SSSR count). The van der Waals surface area contributed by atoms with Gasteiger partial charge in [0.1, 0.15) is 0 Å². The number of para-hydroxylation sites is 2. The van der Waals surface area contributed by atoms with Gasteiger partial charge in [0.15, 0.2) is 18.1 Å². The van der Waals surface area contributed by atoms with Crippen molar-refractivity contribution < 1.29 is 14.3 Å². The number of aliphatic imine (C=N–C) groups is 1. The van der Waals surface area contributed by atoms with Crippen molar-refractivity contribution in [1.82, 2.24) is 0 Å². The van der Waals surface area contributed by atoms with Crippen LogP contribution in [0.5, 0.6) is 11.5 Å². The van der Waals surface area contributed by atoms with Crippen LogP contribution in [0, 0.1) is 3.57 Å². The maximum Gasteiger partial charge on any atom is 0.262 e. The van der Waals surface area contributed by atoms with Crippen LogP contribution in [0.25, 0.3) is 0 Å². The van der Waals surface area contributed by atoms with E-state index in [1.165, 1.54) is 0 Å².